The molecule has 5 rings (SSSR count). The summed E-state index contributed by atoms with van der Waals surface area (Å²) in [6.07, 6.45) is 4.17. The number of halogens is 1. The zero-order valence-corrected chi connectivity index (χ0v) is 22.9. The van der Waals surface area contributed by atoms with Gasteiger partial charge in [0.25, 0.3) is 5.91 Å². The van der Waals surface area contributed by atoms with Crippen LogP contribution in [0.1, 0.15) is 65.8 Å². The summed E-state index contributed by atoms with van der Waals surface area (Å²) in [7, 11) is 1.55. The highest BCUT2D eigenvalue weighted by Crippen LogP contribution is 2.43. The lowest BCUT2D eigenvalue weighted by Gasteiger charge is -2.40. The molecule has 11 nitrogen and oxygen atoms in total. The predicted molar refractivity (Wildman–Crippen MR) is 146 cm³/mol. The summed E-state index contributed by atoms with van der Waals surface area (Å²) in [5.41, 5.74) is 1.30. The Balaban J connectivity index is 1.45. The zero-order valence-electron chi connectivity index (χ0n) is 22.1. The van der Waals surface area contributed by atoms with E-state index in [4.69, 9.17) is 21.1 Å². The number of aromatic carboxylic acids is 1. The van der Waals surface area contributed by atoms with Crippen LogP contribution in [0.3, 0.4) is 0 Å². The Kier molecular flexibility index (Phi) is 7.55. The maximum Gasteiger partial charge on any atom is 0.341 e. The van der Waals surface area contributed by atoms with E-state index in [2.05, 4.69) is 20.2 Å². The maximum absolute atomic E-state index is 13.0. The fourth-order valence-electron chi connectivity index (χ4n) is 5.30. The number of carbonyl (C=O) groups is 2. The Morgan fingerprint density at radius 2 is 2.03 bits per heavy atom. The van der Waals surface area contributed by atoms with Gasteiger partial charge in [0.2, 0.25) is 5.43 Å². The van der Waals surface area contributed by atoms with Crippen molar-refractivity contribution in [1.29, 1.82) is 0 Å². The van der Waals surface area contributed by atoms with Crippen molar-refractivity contribution in [3.8, 4) is 5.75 Å². The van der Waals surface area contributed by atoms with Gasteiger partial charge in [-0.15, -0.1) is 0 Å². The van der Waals surface area contributed by atoms with Gasteiger partial charge in [0.15, 0.2) is 16.7 Å². The number of carbonyl (C=O) groups excluding carboxylic acids is 1. The first-order valence-corrected chi connectivity index (χ1v) is 13.6. The van der Waals surface area contributed by atoms with Crippen LogP contribution in [0.5, 0.6) is 5.75 Å². The number of aromatic amines is 1. The van der Waals surface area contributed by atoms with Gasteiger partial charge in [0.05, 0.1) is 41.5 Å². The molecule has 2 atom stereocenters. The molecule has 0 unspecified atom stereocenters. The van der Waals surface area contributed by atoms with Gasteiger partial charge < -0.3 is 34.3 Å². The average Bonchev–Trinajstić information content (AvgIpc) is 3.70. The van der Waals surface area contributed by atoms with Crippen LogP contribution in [-0.4, -0.2) is 70.5 Å². The minimum absolute atomic E-state index is 0.121. The summed E-state index contributed by atoms with van der Waals surface area (Å²) >= 11 is 6.12. The summed E-state index contributed by atoms with van der Waals surface area (Å²) in [4.78, 5) is 47.0. The maximum atomic E-state index is 13.0. The lowest BCUT2D eigenvalue weighted by Crippen LogP contribution is -2.55. The molecule has 39 heavy (non-hydrogen) atoms. The summed E-state index contributed by atoms with van der Waals surface area (Å²) in [5, 5.41) is 13.2. The normalized spacial score (nSPS) is 19.3. The molecule has 1 saturated heterocycles. The van der Waals surface area contributed by atoms with Crippen molar-refractivity contribution in [2.24, 2.45) is 0 Å². The number of fused-ring (bicyclic) bond motifs is 1. The number of imidazole rings is 1. The molecular formula is C27H32ClN5O6. The molecule has 3 N–H and O–H groups in total. The molecule has 3 aromatic rings. The summed E-state index contributed by atoms with van der Waals surface area (Å²) < 4.78 is 13.8. The number of piperidine rings is 1. The third kappa shape index (κ3) is 5.08. The Bertz CT molecular complexity index is 1480. The summed E-state index contributed by atoms with van der Waals surface area (Å²) in [5.74, 6) is -0.899. The SMILES string of the molecule is CCO[C@@H]1CN(c2ccc3c(=O)c(C(=O)O)cn(C4CC4)c3c2OC)CC[C@@H]1NC(=O)c1nc(Cl)c(CC)[nH]1. The number of carboxylic acids is 1. The molecular weight excluding hydrogens is 526 g/mol. The van der Waals surface area contributed by atoms with Crippen LogP contribution in [-0.2, 0) is 11.2 Å². The van der Waals surface area contributed by atoms with Crippen molar-refractivity contribution < 1.29 is 24.2 Å². The van der Waals surface area contributed by atoms with Crippen LogP contribution >= 0.6 is 11.6 Å². The molecule has 1 aliphatic heterocycles. The van der Waals surface area contributed by atoms with Gasteiger partial charge in [0.1, 0.15) is 5.56 Å². The third-order valence-electron chi connectivity index (χ3n) is 7.40. The second-order valence-electron chi connectivity index (χ2n) is 9.85. The largest absolute Gasteiger partial charge is 0.492 e. The number of ether oxygens (including phenoxy) is 2. The number of nitrogens with zero attached hydrogens (tertiary/aromatic N) is 3. The third-order valence-corrected chi connectivity index (χ3v) is 7.71. The Morgan fingerprint density at radius 1 is 1.26 bits per heavy atom. The fourth-order valence-corrected chi connectivity index (χ4v) is 5.57. The minimum Gasteiger partial charge on any atom is -0.492 e. The van der Waals surface area contributed by atoms with Crippen LogP contribution in [0.4, 0.5) is 5.69 Å². The minimum atomic E-state index is -1.24. The van der Waals surface area contributed by atoms with E-state index in [-0.39, 0.29) is 35.5 Å². The van der Waals surface area contributed by atoms with E-state index < -0.39 is 11.4 Å². The molecule has 1 saturated carbocycles. The second kappa shape index (κ2) is 10.9. The van der Waals surface area contributed by atoms with Crippen LogP contribution in [0, 0.1) is 0 Å². The average molecular weight is 558 g/mol. The Morgan fingerprint density at radius 3 is 2.64 bits per heavy atom. The van der Waals surface area contributed by atoms with Crippen molar-refractivity contribution in [3.05, 3.63) is 50.8 Å². The molecule has 0 radical (unpaired) electrons. The number of pyridine rings is 1. The number of hydrogen-bond acceptors (Lipinski definition) is 7. The van der Waals surface area contributed by atoms with Gasteiger partial charge >= 0.3 is 5.97 Å². The van der Waals surface area contributed by atoms with Crippen molar-refractivity contribution in [1.82, 2.24) is 19.9 Å². The van der Waals surface area contributed by atoms with E-state index >= 15 is 0 Å². The standard InChI is InChI=1S/C27H32ClN5O6/c1-4-17-24(28)31-25(29-17)26(35)30-18-10-11-32(13-20(18)39-5-2)19-9-8-15-21(23(19)38-3)33(14-6-7-14)12-16(22(15)34)27(36)37/h8-9,12,14,18,20H,4-7,10-11,13H2,1-3H3,(H,29,31)(H,30,35)(H,36,37)/t18-,20+/m0/s1. The number of hydrogen-bond donors (Lipinski definition) is 3. The number of carboxylic acid groups (broad SMARTS) is 1. The number of methoxy groups -OCH3 is 1. The van der Waals surface area contributed by atoms with Crippen molar-refractivity contribution in [2.75, 3.05) is 31.7 Å². The lowest BCUT2D eigenvalue weighted by molar-refractivity contribution is 0.0271. The molecule has 1 aromatic carbocycles. The number of aromatic nitrogens is 3. The van der Waals surface area contributed by atoms with Gasteiger partial charge in [-0.25, -0.2) is 9.78 Å². The van der Waals surface area contributed by atoms with E-state index in [0.29, 0.717) is 60.0 Å². The number of rotatable bonds is 9. The van der Waals surface area contributed by atoms with Crippen LogP contribution in [0.15, 0.2) is 23.1 Å². The highest BCUT2D eigenvalue weighted by Gasteiger charge is 2.35. The van der Waals surface area contributed by atoms with Gasteiger partial charge in [-0.3, -0.25) is 9.59 Å². The highest BCUT2D eigenvalue weighted by atomic mass is 35.5. The first-order valence-electron chi connectivity index (χ1n) is 13.2. The number of nitrogens with one attached hydrogen (secondary N) is 2. The zero-order chi connectivity index (χ0) is 27.8. The van der Waals surface area contributed by atoms with Gasteiger partial charge in [0, 0.05) is 31.9 Å². The van der Waals surface area contributed by atoms with E-state index in [9.17, 15) is 19.5 Å². The Hall–Kier alpha value is -3.57. The van der Waals surface area contributed by atoms with E-state index in [0.717, 1.165) is 18.5 Å². The monoisotopic (exact) mass is 557 g/mol. The number of benzene rings is 1. The topological polar surface area (TPSA) is 139 Å². The van der Waals surface area contributed by atoms with Crippen molar-refractivity contribution in [2.45, 2.75) is 57.7 Å². The lowest BCUT2D eigenvalue weighted by atomic mass is 9.99. The molecule has 3 heterocycles. The van der Waals surface area contributed by atoms with Gasteiger partial charge in [-0.2, -0.15) is 0 Å². The predicted octanol–water partition coefficient (Wildman–Crippen LogP) is 3.40. The number of amides is 1. The molecule has 0 bridgehead atoms. The van der Waals surface area contributed by atoms with Gasteiger partial charge in [-0.1, -0.05) is 18.5 Å². The Labute approximate surface area is 230 Å². The fraction of sp³-hybridized carbons (Fsp3) is 0.481. The molecule has 1 amide bonds. The first kappa shape index (κ1) is 27.0. The van der Waals surface area contributed by atoms with Crippen LogP contribution in [0.25, 0.3) is 10.9 Å². The number of aryl methyl sites for hydroxylation is 1. The second-order valence-corrected chi connectivity index (χ2v) is 10.2. The molecule has 208 valence electrons. The molecule has 2 aromatic heterocycles. The number of anilines is 1. The van der Waals surface area contributed by atoms with E-state index in [1.54, 1.807) is 19.2 Å². The quantitative estimate of drug-likeness (QED) is 0.364. The summed E-state index contributed by atoms with van der Waals surface area (Å²) in [6, 6.07) is 3.34. The molecule has 1 aliphatic carbocycles. The van der Waals surface area contributed by atoms with E-state index in [1.807, 2.05) is 18.4 Å². The molecule has 2 aliphatic rings. The molecule has 0 spiro atoms. The first-order chi connectivity index (χ1) is 18.8. The van der Waals surface area contributed by atoms with Crippen molar-refractivity contribution >= 4 is 40.1 Å². The van der Waals surface area contributed by atoms with Crippen molar-refractivity contribution in [3.63, 3.8) is 0 Å². The van der Waals surface area contributed by atoms with Gasteiger partial charge in [-0.05, 0) is 44.7 Å². The highest BCUT2D eigenvalue weighted by molar-refractivity contribution is 6.30. The molecule has 12 heteroatoms. The smallest absolute Gasteiger partial charge is 0.341 e. The summed E-state index contributed by atoms with van der Waals surface area (Å²) in [6.45, 7) is 5.36. The van der Waals surface area contributed by atoms with Crippen LogP contribution in [0.2, 0.25) is 5.15 Å². The van der Waals surface area contributed by atoms with Crippen LogP contribution < -0.4 is 20.4 Å². The molecule has 2 fully saturated rings. The van der Waals surface area contributed by atoms with E-state index in [1.165, 1.54) is 6.20 Å². The number of H-pyrrole nitrogens is 1.